The van der Waals surface area contributed by atoms with Crippen LogP contribution in [0.3, 0.4) is 0 Å². The second-order valence-corrected chi connectivity index (χ2v) is 5.96. The van der Waals surface area contributed by atoms with Crippen LogP contribution in [0.15, 0.2) is 48.5 Å². The van der Waals surface area contributed by atoms with Crippen LogP contribution in [0.4, 0.5) is 0 Å². The first-order valence-corrected chi connectivity index (χ1v) is 7.89. The quantitative estimate of drug-likeness (QED) is 0.817. The molecule has 0 aliphatic carbocycles. The molecule has 23 heavy (non-hydrogen) atoms. The molecule has 1 atom stereocenters. The molecule has 0 saturated carbocycles. The third-order valence-electron chi connectivity index (χ3n) is 4.56. The fourth-order valence-corrected chi connectivity index (χ4v) is 3.37. The molecular formula is C18H19BNO3. The van der Waals surface area contributed by atoms with Gasteiger partial charge in [0.15, 0.2) is 0 Å². The second kappa shape index (κ2) is 5.74. The van der Waals surface area contributed by atoms with Gasteiger partial charge >= 0.3 is 7.25 Å². The Morgan fingerprint density at radius 3 is 2.83 bits per heavy atom. The molecule has 0 unspecified atom stereocenters. The number of fused-ring (bicyclic) bond motifs is 2. The minimum absolute atomic E-state index is 0.289. The Kier molecular flexibility index (Phi) is 3.58. The smallest absolute Gasteiger partial charge is 0.597 e. The lowest BCUT2D eigenvalue weighted by atomic mass is 9.95. The van der Waals surface area contributed by atoms with Crippen LogP contribution in [-0.4, -0.2) is 37.2 Å². The van der Waals surface area contributed by atoms with Crippen LogP contribution in [0.2, 0.25) is 0 Å². The van der Waals surface area contributed by atoms with E-state index in [0.29, 0.717) is 6.61 Å². The summed E-state index contributed by atoms with van der Waals surface area (Å²) in [6, 6.07) is 16.7. The average molecular weight is 308 g/mol. The molecule has 1 fully saturated rings. The lowest BCUT2D eigenvalue weighted by Gasteiger charge is -2.29. The standard InChI is InChI=1S/C18H19BNO3/c1-13-17-9-8-16(21-2)11-18(17)23-19-20(13)15(12-22-19)10-14-6-4-3-5-7-14/h3-9,11,15H,10,12H2,1-2H3/t15-/m0/s1. The largest absolute Gasteiger partial charge is 0.652 e. The zero-order valence-corrected chi connectivity index (χ0v) is 13.4. The molecule has 0 aromatic heterocycles. The number of ether oxygens (including phenoxy) is 1. The Bertz CT molecular complexity index is 760. The van der Waals surface area contributed by atoms with Crippen molar-refractivity contribution in [3.05, 3.63) is 59.7 Å². The van der Waals surface area contributed by atoms with Crippen molar-refractivity contribution in [2.45, 2.75) is 19.4 Å². The van der Waals surface area contributed by atoms with E-state index in [1.165, 1.54) is 11.3 Å². The van der Waals surface area contributed by atoms with Gasteiger partial charge < -0.3 is 18.5 Å². The van der Waals surface area contributed by atoms with Crippen LogP contribution in [0.5, 0.6) is 11.5 Å². The normalized spacial score (nSPS) is 20.0. The van der Waals surface area contributed by atoms with Gasteiger partial charge in [0.1, 0.15) is 17.5 Å². The van der Waals surface area contributed by atoms with E-state index >= 15 is 0 Å². The summed E-state index contributed by atoms with van der Waals surface area (Å²) in [5.41, 5.74) is 3.61. The van der Waals surface area contributed by atoms with Crippen LogP contribution < -0.4 is 9.39 Å². The van der Waals surface area contributed by atoms with Gasteiger partial charge in [0, 0.05) is 19.4 Å². The monoisotopic (exact) mass is 308 g/mol. The molecule has 2 heterocycles. The molecule has 1 radical (unpaired) electrons. The van der Waals surface area contributed by atoms with Crippen molar-refractivity contribution in [2.75, 3.05) is 13.7 Å². The van der Waals surface area contributed by atoms with E-state index in [2.05, 4.69) is 41.7 Å². The fraction of sp³-hybridized carbons (Fsp3) is 0.278. The van der Waals surface area contributed by atoms with Crippen LogP contribution in [0, 0.1) is 0 Å². The van der Waals surface area contributed by atoms with Gasteiger partial charge in [0.25, 0.3) is 0 Å². The summed E-state index contributed by atoms with van der Waals surface area (Å²) >= 11 is 0. The first-order chi connectivity index (χ1) is 11.3. The molecule has 4 rings (SSSR count). The summed E-state index contributed by atoms with van der Waals surface area (Å²) in [5, 5.41) is 0. The number of benzene rings is 2. The molecule has 117 valence electrons. The summed E-state index contributed by atoms with van der Waals surface area (Å²) in [4.78, 5) is 0. The van der Waals surface area contributed by atoms with Crippen LogP contribution in [-0.2, 0) is 11.1 Å². The first-order valence-electron chi connectivity index (χ1n) is 7.89. The molecule has 2 aromatic rings. The van der Waals surface area contributed by atoms with Gasteiger partial charge in [-0.3, -0.25) is 0 Å². The summed E-state index contributed by atoms with van der Waals surface area (Å²) < 4.78 is 19.5. The van der Waals surface area contributed by atoms with Gasteiger partial charge in [0.2, 0.25) is 0 Å². The number of hydrogen-bond donors (Lipinski definition) is 0. The average Bonchev–Trinajstić information content (AvgIpc) is 2.98. The van der Waals surface area contributed by atoms with Crippen molar-refractivity contribution < 1.29 is 18.5 Å². The van der Waals surface area contributed by atoms with Gasteiger partial charge in [-0.2, -0.15) is 0 Å². The predicted molar refractivity (Wildman–Crippen MR) is 89.3 cm³/mol. The number of rotatable bonds is 3. The summed E-state index contributed by atoms with van der Waals surface area (Å²) in [6.45, 7) is 2.80. The number of nitrogens with zero attached hydrogens (tertiary/aromatic N) is 1. The van der Waals surface area contributed by atoms with Crippen molar-refractivity contribution >= 4 is 13.0 Å². The molecule has 4 nitrogen and oxygen atoms in total. The minimum atomic E-state index is -0.344. The Labute approximate surface area is 136 Å². The van der Waals surface area contributed by atoms with E-state index < -0.39 is 0 Å². The van der Waals surface area contributed by atoms with Crippen molar-refractivity contribution in [1.29, 1.82) is 0 Å². The third-order valence-corrected chi connectivity index (χ3v) is 4.56. The van der Waals surface area contributed by atoms with Crippen molar-refractivity contribution in [3.63, 3.8) is 0 Å². The molecule has 2 aromatic carbocycles. The van der Waals surface area contributed by atoms with Crippen LogP contribution in [0.1, 0.15) is 18.1 Å². The maximum absolute atomic E-state index is 6.04. The zero-order chi connectivity index (χ0) is 15.8. The van der Waals surface area contributed by atoms with E-state index in [1.807, 2.05) is 18.2 Å². The summed E-state index contributed by atoms with van der Waals surface area (Å²) in [6.07, 6.45) is 0.948. The topological polar surface area (TPSA) is 30.7 Å². The molecular weight excluding hydrogens is 289 g/mol. The Hall–Kier alpha value is -2.27. The SMILES string of the molecule is COc1ccc2c(c1)O[B-]1OC[C@H](Cc3ccccc3)[N+]1=C2C. The Morgan fingerprint density at radius 1 is 1.22 bits per heavy atom. The number of hydrogen-bond acceptors (Lipinski definition) is 3. The lowest BCUT2D eigenvalue weighted by molar-refractivity contribution is -0.435. The Balaban J connectivity index is 1.69. The van der Waals surface area contributed by atoms with Crippen molar-refractivity contribution in [3.8, 4) is 11.5 Å². The maximum atomic E-state index is 6.04. The minimum Gasteiger partial charge on any atom is -0.652 e. The third kappa shape index (κ3) is 2.51. The summed E-state index contributed by atoms with van der Waals surface area (Å²) in [7, 11) is 1.32. The molecule has 0 bridgehead atoms. The highest BCUT2D eigenvalue weighted by Gasteiger charge is 2.40. The van der Waals surface area contributed by atoms with Gasteiger partial charge in [-0.25, -0.2) is 0 Å². The van der Waals surface area contributed by atoms with Crippen molar-refractivity contribution in [2.24, 2.45) is 0 Å². The first kappa shape index (κ1) is 14.3. The number of methoxy groups -OCH3 is 1. The van der Waals surface area contributed by atoms with E-state index in [9.17, 15) is 0 Å². The Morgan fingerprint density at radius 2 is 2.04 bits per heavy atom. The zero-order valence-electron chi connectivity index (χ0n) is 13.4. The molecule has 1 saturated heterocycles. The predicted octanol–water partition coefficient (Wildman–Crippen LogP) is 2.54. The van der Waals surface area contributed by atoms with E-state index in [4.69, 9.17) is 14.0 Å². The lowest BCUT2D eigenvalue weighted by Crippen LogP contribution is -2.44. The fourth-order valence-electron chi connectivity index (χ4n) is 3.37. The van der Waals surface area contributed by atoms with Gasteiger partial charge in [-0.1, -0.05) is 30.3 Å². The maximum Gasteiger partial charge on any atom is 0.597 e. The van der Waals surface area contributed by atoms with Crippen molar-refractivity contribution in [1.82, 2.24) is 0 Å². The van der Waals surface area contributed by atoms with E-state index in [-0.39, 0.29) is 13.3 Å². The van der Waals surface area contributed by atoms with Gasteiger partial charge in [-0.05, 0) is 17.7 Å². The summed E-state index contributed by atoms with van der Waals surface area (Å²) in [5.74, 6) is 1.62. The molecule has 2 aliphatic heterocycles. The van der Waals surface area contributed by atoms with E-state index in [0.717, 1.165) is 23.5 Å². The molecule has 0 spiro atoms. The highest BCUT2D eigenvalue weighted by atomic mass is 16.6. The van der Waals surface area contributed by atoms with Gasteiger partial charge in [0.05, 0.1) is 25.0 Å². The molecule has 2 aliphatic rings. The van der Waals surface area contributed by atoms with E-state index in [1.54, 1.807) is 7.11 Å². The second-order valence-electron chi connectivity index (χ2n) is 5.96. The molecule has 5 heteroatoms. The van der Waals surface area contributed by atoms with Crippen LogP contribution >= 0.6 is 0 Å². The van der Waals surface area contributed by atoms with Crippen LogP contribution in [0.25, 0.3) is 0 Å². The molecule has 0 N–H and O–H groups in total. The highest BCUT2D eigenvalue weighted by molar-refractivity contribution is 6.39. The molecule has 0 amide bonds. The van der Waals surface area contributed by atoms with Gasteiger partial charge in [-0.15, -0.1) is 0 Å². The highest BCUT2D eigenvalue weighted by Crippen LogP contribution is 2.31.